The van der Waals surface area contributed by atoms with Crippen LogP contribution in [-0.4, -0.2) is 42.5 Å². The molecule has 3 rings (SSSR count). The first-order valence-electron chi connectivity index (χ1n) is 10.3. The molecule has 1 heterocycles. The largest absolute Gasteiger partial charge is 0.493 e. The summed E-state index contributed by atoms with van der Waals surface area (Å²) >= 11 is 0. The molecule has 0 radical (unpaired) electrons. The van der Waals surface area contributed by atoms with Crippen LogP contribution in [0.4, 0.5) is 0 Å². The molecule has 0 saturated carbocycles. The van der Waals surface area contributed by atoms with Crippen LogP contribution in [0.15, 0.2) is 48.5 Å². The third-order valence-electron chi connectivity index (χ3n) is 5.19. The Hall–Kier alpha value is -2.82. The van der Waals surface area contributed by atoms with E-state index < -0.39 is 0 Å². The van der Waals surface area contributed by atoms with Crippen molar-refractivity contribution in [3.8, 4) is 5.75 Å². The number of carbonyl (C=O) groups excluding carboxylic acids is 2. The van der Waals surface area contributed by atoms with Crippen molar-refractivity contribution in [2.24, 2.45) is 5.92 Å². The molecule has 1 N–H and O–H groups in total. The summed E-state index contributed by atoms with van der Waals surface area (Å²) in [6.07, 6.45) is 1.87. The van der Waals surface area contributed by atoms with Crippen LogP contribution < -0.4 is 10.1 Å². The lowest BCUT2D eigenvalue weighted by Crippen LogP contribution is -2.39. The standard InChI is InChI=1S/C24H30N2O3/c1-17(2)25-23(27)20-7-9-22(10-8-20)29-16-19-11-13-26(14-12-19)24(28)21-6-4-5-18(3)15-21/h4-10,15,17,19H,11-14,16H2,1-3H3,(H,25,27). The molecule has 1 saturated heterocycles. The van der Waals surface area contributed by atoms with Crippen molar-refractivity contribution in [2.45, 2.75) is 39.7 Å². The highest BCUT2D eigenvalue weighted by Gasteiger charge is 2.24. The molecule has 154 valence electrons. The van der Waals surface area contributed by atoms with Crippen LogP contribution in [0, 0.1) is 12.8 Å². The SMILES string of the molecule is Cc1cccc(C(=O)N2CCC(COc3ccc(C(=O)NC(C)C)cc3)CC2)c1. The summed E-state index contributed by atoms with van der Waals surface area (Å²) in [6, 6.07) is 15.1. The van der Waals surface area contributed by atoms with Crippen LogP contribution in [-0.2, 0) is 0 Å². The van der Waals surface area contributed by atoms with E-state index in [0.717, 1.165) is 42.8 Å². The monoisotopic (exact) mass is 394 g/mol. The molecule has 1 aliphatic rings. The van der Waals surface area contributed by atoms with Crippen molar-refractivity contribution in [1.29, 1.82) is 0 Å². The van der Waals surface area contributed by atoms with E-state index in [1.807, 2.05) is 62.1 Å². The summed E-state index contributed by atoms with van der Waals surface area (Å²) in [6.45, 7) is 8.03. The lowest BCUT2D eigenvalue weighted by Gasteiger charge is -2.32. The van der Waals surface area contributed by atoms with Crippen molar-refractivity contribution in [1.82, 2.24) is 10.2 Å². The number of amides is 2. The second-order valence-electron chi connectivity index (χ2n) is 8.07. The van der Waals surface area contributed by atoms with Gasteiger partial charge < -0.3 is 15.0 Å². The number of hydrogen-bond acceptors (Lipinski definition) is 3. The highest BCUT2D eigenvalue weighted by Crippen LogP contribution is 2.21. The summed E-state index contributed by atoms with van der Waals surface area (Å²) in [7, 11) is 0. The Bertz CT molecular complexity index is 837. The van der Waals surface area contributed by atoms with Gasteiger partial charge in [0.25, 0.3) is 11.8 Å². The van der Waals surface area contributed by atoms with Crippen LogP contribution in [0.2, 0.25) is 0 Å². The van der Waals surface area contributed by atoms with Crippen molar-refractivity contribution >= 4 is 11.8 Å². The highest BCUT2D eigenvalue weighted by atomic mass is 16.5. The quantitative estimate of drug-likeness (QED) is 0.804. The van der Waals surface area contributed by atoms with Gasteiger partial charge in [0.1, 0.15) is 5.75 Å². The van der Waals surface area contributed by atoms with Crippen LogP contribution >= 0.6 is 0 Å². The van der Waals surface area contributed by atoms with Gasteiger partial charge in [-0.05, 0) is 75.9 Å². The Balaban J connectivity index is 1.45. The molecule has 0 aliphatic carbocycles. The summed E-state index contributed by atoms with van der Waals surface area (Å²) in [5, 5.41) is 2.88. The van der Waals surface area contributed by atoms with Crippen LogP contribution in [0.25, 0.3) is 0 Å². The summed E-state index contributed by atoms with van der Waals surface area (Å²) < 4.78 is 5.92. The molecule has 0 atom stereocenters. The second-order valence-corrected chi connectivity index (χ2v) is 8.07. The molecule has 5 heteroatoms. The minimum absolute atomic E-state index is 0.0720. The maximum atomic E-state index is 12.7. The second kappa shape index (κ2) is 9.59. The molecule has 29 heavy (non-hydrogen) atoms. The number of nitrogens with zero attached hydrogens (tertiary/aromatic N) is 1. The van der Waals surface area contributed by atoms with E-state index in [1.165, 1.54) is 0 Å². The minimum Gasteiger partial charge on any atom is -0.493 e. The number of aryl methyl sites for hydroxylation is 1. The van der Waals surface area contributed by atoms with Crippen molar-refractivity contribution in [3.05, 3.63) is 65.2 Å². The van der Waals surface area contributed by atoms with Gasteiger partial charge >= 0.3 is 0 Å². The lowest BCUT2D eigenvalue weighted by molar-refractivity contribution is 0.0660. The van der Waals surface area contributed by atoms with Gasteiger partial charge in [-0.3, -0.25) is 9.59 Å². The number of ether oxygens (including phenoxy) is 1. The van der Waals surface area contributed by atoms with E-state index in [2.05, 4.69) is 5.32 Å². The van der Waals surface area contributed by atoms with Gasteiger partial charge in [0.2, 0.25) is 0 Å². The van der Waals surface area contributed by atoms with Crippen LogP contribution in [0.1, 0.15) is 53.0 Å². The van der Waals surface area contributed by atoms with E-state index in [-0.39, 0.29) is 17.9 Å². The van der Waals surface area contributed by atoms with Gasteiger partial charge in [-0.1, -0.05) is 17.7 Å². The number of piperidine rings is 1. The average Bonchev–Trinajstić information content (AvgIpc) is 2.72. The van der Waals surface area contributed by atoms with E-state index in [0.29, 0.717) is 18.1 Å². The fourth-order valence-corrected chi connectivity index (χ4v) is 3.53. The molecule has 2 amide bonds. The first-order valence-corrected chi connectivity index (χ1v) is 10.3. The summed E-state index contributed by atoms with van der Waals surface area (Å²) in [5.41, 5.74) is 2.50. The lowest BCUT2D eigenvalue weighted by atomic mass is 9.97. The summed E-state index contributed by atoms with van der Waals surface area (Å²) in [4.78, 5) is 26.6. The topological polar surface area (TPSA) is 58.6 Å². The van der Waals surface area contributed by atoms with Crippen molar-refractivity contribution in [3.63, 3.8) is 0 Å². The highest BCUT2D eigenvalue weighted by molar-refractivity contribution is 5.95. The van der Waals surface area contributed by atoms with E-state index in [9.17, 15) is 9.59 Å². The predicted octanol–water partition coefficient (Wildman–Crippen LogP) is 4.06. The fraction of sp³-hybridized carbons (Fsp3) is 0.417. The first kappa shape index (κ1) is 20.9. The molecule has 0 aromatic heterocycles. The number of hydrogen-bond donors (Lipinski definition) is 1. The molecule has 1 aliphatic heterocycles. The molecule has 0 unspecified atom stereocenters. The normalized spacial score (nSPS) is 14.7. The molecular weight excluding hydrogens is 364 g/mol. The van der Waals surface area contributed by atoms with Crippen LogP contribution in [0.3, 0.4) is 0 Å². The molecule has 0 spiro atoms. The zero-order valence-corrected chi connectivity index (χ0v) is 17.5. The number of benzene rings is 2. The predicted molar refractivity (Wildman–Crippen MR) is 114 cm³/mol. The Morgan fingerprint density at radius 1 is 1.07 bits per heavy atom. The average molecular weight is 395 g/mol. The van der Waals surface area contributed by atoms with Crippen molar-refractivity contribution < 1.29 is 14.3 Å². The summed E-state index contributed by atoms with van der Waals surface area (Å²) in [5.74, 6) is 1.24. The minimum atomic E-state index is -0.0720. The van der Waals surface area contributed by atoms with Gasteiger partial charge in [-0.15, -0.1) is 0 Å². The zero-order valence-electron chi connectivity index (χ0n) is 17.5. The van der Waals surface area contributed by atoms with Gasteiger partial charge in [0, 0.05) is 30.3 Å². The number of likely N-dealkylation sites (tertiary alicyclic amines) is 1. The number of rotatable bonds is 6. The number of carbonyl (C=O) groups is 2. The maximum absolute atomic E-state index is 12.7. The van der Waals surface area contributed by atoms with Crippen LogP contribution in [0.5, 0.6) is 5.75 Å². The van der Waals surface area contributed by atoms with Gasteiger partial charge in [0.05, 0.1) is 6.61 Å². The van der Waals surface area contributed by atoms with Gasteiger partial charge in [-0.2, -0.15) is 0 Å². The number of nitrogens with one attached hydrogen (secondary N) is 1. The van der Waals surface area contributed by atoms with Gasteiger partial charge in [0.15, 0.2) is 0 Å². The maximum Gasteiger partial charge on any atom is 0.253 e. The fourth-order valence-electron chi connectivity index (χ4n) is 3.53. The van der Waals surface area contributed by atoms with E-state index >= 15 is 0 Å². The van der Waals surface area contributed by atoms with E-state index in [4.69, 9.17) is 4.74 Å². The molecule has 2 aromatic carbocycles. The Kier molecular flexibility index (Phi) is 6.91. The van der Waals surface area contributed by atoms with Gasteiger partial charge in [-0.25, -0.2) is 0 Å². The third-order valence-corrected chi connectivity index (χ3v) is 5.19. The third kappa shape index (κ3) is 5.83. The Morgan fingerprint density at radius 2 is 1.76 bits per heavy atom. The molecule has 1 fully saturated rings. The smallest absolute Gasteiger partial charge is 0.253 e. The molecule has 2 aromatic rings. The van der Waals surface area contributed by atoms with Crippen molar-refractivity contribution in [2.75, 3.05) is 19.7 Å². The first-order chi connectivity index (χ1) is 13.9. The van der Waals surface area contributed by atoms with E-state index in [1.54, 1.807) is 12.1 Å². The Morgan fingerprint density at radius 3 is 2.38 bits per heavy atom. The molecular formula is C24H30N2O3. The zero-order chi connectivity index (χ0) is 20.8. The molecule has 0 bridgehead atoms. The Labute approximate surface area is 173 Å². The molecule has 5 nitrogen and oxygen atoms in total.